The zero-order chi connectivity index (χ0) is 12.7. The van der Waals surface area contributed by atoms with Crippen molar-refractivity contribution in [1.29, 1.82) is 0 Å². The minimum atomic E-state index is 0.0383. The van der Waals surface area contributed by atoms with Crippen molar-refractivity contribution in [3.63, 3.8) is 0 Å². The van der Waals surface area contributed by atoms with E-state index in [1.54, 1.807) is 0 Å². The van der Waals surface area contributed by atoms with Crippen LogP contribution in [-0.4, -0.2) is 31.2 Å². The Morgan fingerprint density at radius 2 is 1.94 bits per heavy atom. The molecule has 17 heavy (non-hydrogen) atoms. The maximum atomic E-state index is 11.4. The maximum Gasteiger partial charge on any atom is 0.251 e. The van der Waals surface area contributed by atoms with E-state index in [1.165, 1.54) is 0 Å². The largest absolute Gasteiger partial charge is 0.368 e. The van der Waals surface area contributed by atoms with Crippen LogP contribution in [0.3, 0.4) is 0 Å². The molecule has 1 aromatic rings. The van der Waals surface area contributed by atoms with Crippen molar-refractivity contribution in [2.75, 3.05) is 31.1 Å². The molecule has 2 N–H and O–H groups in total. The van der Waals surface area contributed by atoms with Crippen molar-refractivity contribution in [2.24, 2.45) is 0 Å². The topological polar surface area (TPSA) is 48.1 Å². The molecule has 1 fully saturated rings. The van der Waals surface area contributed by atoms with Gasteiger partial charge in [0, 0.05) is 37.9 Å². The normalized spacial score (nSPS) is 15.1. The van der Waals surface area contributed by atoms with E-state index in [9.17, 15) is 4.79 Å². The molecule has 2 rings (SSSR count). The van der Waals surface area contributed by atoms with E-state index in [4.69, 9.17) is 0 Å². The zero-order valence-electron chi connectivity index (χ0n) is 11.0. The number of anilines is 1. The average molecular weight is 237 g/mol. The van der Waals surface area contributed by atoms with Crippen LogP contribution in [0.1, 0.15) is 26.3 Å². The lowest BCUT2D eigenvalue weighted by atomic mass is 10.2. The Kier molecular flexibility index (Phi) is 5.77. The summed E-state index contributed by atoms with van der Waals surface area (Å²) in [4.78, 5) is 16.5. The number of rotatable bonds is 2. The molecule has 0 atom stereocenters. The summed E-state index contributed by atoms with van der Waals surface area (Å²) in [5, 5.41) is 3.31. The second-order valence-corrected chi connectivity index (χ2v) is 3.80. The van der Waals surface area contributed by atoms with Crippen LogP contribution in [0.2, 0.25) is 0 Å². The van der Waals surface area contributed by atoms with Crippen LogP contribution >= 0.6 is 0 Å². The van der Waals surface area contributed by atoms with Gasteiger partial charge in [-0.25, -0.2) is 0 Å². The van der Waals surface area contributed by atoms with E-state index in [1.807, 2.05) is 33.0 Å². The third-order valence-corrected chi connectivity index (χ3v) is 2.83. The smallest absolute Gasteiger partial charge is 0.251 e. The van der Waals surface area contributed by atoms with Gasteiger partial charge in [-0.3, -0.25) is 4.79 Å². The highest BCUT2D eigenvalue weighted by Crippen LogP contribution is 2.13. The third kappa shape index (κ3) is 3.60. The molecule has 0 spiro atoms. The molecule has 0 aliphatic carbocycles. The van der Waals surface area contributed by atoms with E-state index < -0.39 is 0 Å². The van der Waals surface area contributed by atoms with Crippen molar-refractivity contribution in [2.45, 2.75) is 27.2 Å². The summed E-state index contributed by atoms with van der Waals surface area (Å²) in [6.07, 6.45) is 2.60. The molecule has 1 aliphatic rings. The Labute approximate surface area is 103 Å². The molecule has 0 bridgehead atoms. The van der Waals surface area contributed by atoms with Gasteiger partial charge < -0.3 is 15.2 Å². The van der Waals surface area contributed by atoms with Gasteiger partial charge in [0.25, 0.3) is 5.56 Å². The first-order valence-electron chi connectivity index (χ1n) is 6.48. The zero-order valence-corrected chi connectivity index (χ0v) is 11.0. The molecule has 0 aromatic carbocycles. The molecule has 2 heterocycles. The highest BCUT2D eigenvalue weighted by atomic mass is 16.1. The predicted octanol–water partition coefficient (Wildman–Crippen LogP) is 1.37. The van der Waals surface area contributed by atoms with Crippen molar-refractivity contribution >= 4 is 5.69 Å². The van der Waals surface area contributed by atoms with Gasteiger partial charge in [0.1, 0.15) is 0 Å². The Morgan fingerprint density at radius 1 is 1.29 bits per heavy atom. The van der Waals surface area contributed by atoms with Gasteiger partial charge >= 0.3 is 0 Å². The number of H-pyrrole nitrogens is 1. The van der Waals surface area contributed by atoms with Crippen LogP contribution in [-0.2, 0) is 6.42 Å². The molecule has 0 amide bonds. The predicted molar refractivity (Wildman–Crippen MR) is 72.9 cm³/mol. The second kappa shape index (κ2) is 7.12. The molecule has 4 nitrogen and oxygen atoms in total. The molecule has 1 aromatic heterocycles. The van der Waals surface area contributed by atoms with E-state index in [0.29, 0.717) is 0 Å². The van der Waals surface area contributed by atoms with Crippen molar-refractivity contribution in [1.82, 2.24) is 10.3 Å². The van der Waals surface area contributed by atoms with E-state index in [0.717, 1.165) is 43.9 Å². The Balaban J connectivity index is 0.000000686. The summed E-state index contributed by atoms with van der Waals surface area (Å²) in [6, 6.07) is 2.00. The number of nitrogens with one attached hydrogen (secondary N) is 2. The number of pyridine rings is 1. The molecule has 96 valence electrons. The molecule has 1 aliphatic heterocycles. The van der Waals surface area contributed by atoms with Gasteiger partial charge in [-0.15, -0.1) is 0 Å². The number of aryl methyl sites for hydroxylation is 1. The lowest BCUT2D eigenvalue weighted by Gasteiger charge is -2.29. The average Bonchev–Trinajstić information content (AvgIpc) is 2.42. The molecule has 0 saturated carbocycles. The fourth-order valence-corrected chi connectivity index (χ4v) is 1.89. The number of piperazine rings is 1. The molecule has 4 heteroatoms. The van der Waals surface area contributed by atoms with Crippen LogP contribution < -0.4 is 15.8 Å². The summed E-state index contributed by atoms with van der Waals surface area (Å²) in [5.74, 6) is 0. The van der Waals surface area contributed by atoms with E-state index in [-0.39, 0.29) is 5.56 Å². The standard InChI is InChI=1S/C11H17N3O.C2H6/c1-2-9-7-10(8-13-11(9)15)14-5-3-12-4-6-14;1-2/h7-8,12H,2-6H2,1H3,(H,13,15);1-2H3. The number of aromatic nitrogens is 1. The Hall–Kier alpha value is -1.29. The first-order valence-corrected chi connectivity index (χ1v) is 6.48. The highest BCUT2D eigenvalue weighted by molar-refractivity contribution is 5.46. The number of aromatic amines is 1. The van der Waals surface area contributed by atoms with Crippen LogP contribution in [0.5, 0.6) is 0 Å². The third-order valence-electron chi connectivity index (χ3n) is 2.83. The highest BCUT2D eigenvalue weighted by Gasteiger charge is 2.11. The lowest BCUT2D eigenvalue weighted by molar-refractivity contribution is 0.588. The minimum Gasteiger partial charge on any atom is -0.368 e. The summed E-state index contributed by atoms with van der Waals surface area (Å²) in [5.41, 5.74) is 2.04. The molecule has 1 saturated heterocycles. The molecular formula is C13H23N3O. The lowest BCUT2D eigenvalue weighted by Crippen LogP contribution is -2.43. The van der Waals surface area contributed by atoms with Crippen LogP contribution in [0.15, 0.2) is 17.1 Å². The summed E-state index contributed by atoms with van der Waals surface area (Å²) >= 11 is 0. The van der Waals surface area contributed by atoms with Crippen molar-refractivity contribution in [3.8, 4) is 0 Å². The fourth-order valence-electron chi connectivity index (χ4n) is 1.89. The molecule has 0 unspecified atom stereocenters. The Morgan fingerprint density at radius 3 is 2.53 bits per heavy atom. The summed E-state index contributed by atoms with van der Waals surface area (Å²) in [6.45, 7) is 10.1. The molecule has 0 radical (unpaired) electrons. The maximum absolute atomic E-state index is 11.4. The quantitative estimate of drug-likeness (QED) is 0.817. The number of hydrogen-bond acceptors (Lipinski definition) is 3. The van der Waals surface area contributed by atoms with Crippen LogP contribution in [0.4, 0.5) is 5.69 Å². The van der Waals surface area contributed by atoms with Crippen LogP contribution in [0, 0.1) is 0 Å². The minimum absolute atomic E-state index is 0.0383. The fraction of sp³-hybridized carbons (Fsp3) is 0.615. The van der Waals surface area contributed by atoms with Crippen LogP contribution in [0.25, 0.3) is 0 Å². The van der Waals surface area contributed by atoms with Crippen molar-refractivity contribution in [3.05, 3.63) is 28.2 Å². The summed E-state index contributed by atoms with van der Waals surface area (Å²) < 4.78 is 0. The van der Waals surface area contributed by atoms with Crippen molar-refractivity contribution < 1.29 is 0 Å². The monoisotopic (exact) mass is 237 g/mol. The first-order chi connectivity index (χ1) is 8.31. The van der Waals surface area contributed by atoms with Gasteiger partial charge in [0.15, 0.2) is 0 Å². The summed E-state index contributed by atoms with van der Waals surface area (Å²) in [7, 11) is 0. The molecular weight excluding hydrogens is 214 g/mol. The first kappa shape index (κ1) is 13.8. The van der Waals surface area contributed by atoms with E-state index in [2.05, 4.69) is 15.2 Å². The van der Waals surface area contributed by atoms with Gasteiger partial charge in [0.2, 0.25) is 0 Å². The SMILES string of the molecule is CC.CCc1cc(N2CCNCC2)c[nH]c1=O. The Bertz CT molecular complexity index is 380. The van der Waals surface area contributed by atoms with Gasteiger partial charge in [-0.05, 0) is 12.5 Å². The van der Waals surface area contributed by atoms with E-state index >= 15 is 0 Å². The van der Waals surface area contributed by atoms with Gasteiger partial charge in [-0.1, -0.05) is 20.8 Å². The van der Waals surface area contributed by atoms with Gasteiger partial charge in [0.05, 0.1) is 5.69 Å². The number of nitrogens with zero attached hydrogens (tertiary/aromatic N) is 1. The second-order valence-electron chi connectivity index (χ2n) is 3.80. The van der Waals surface area contributed by atoms with Gasteiger partial charge in [-0.2, -0.15) is 0 Å². The number of hydrogen-bond donors (Lipinski definition) is 2.